The number of nitrogens with one attached hydrogen (secondary N) is 1. The van der Waals surface area contributed by atoms with Gasteiger partial charge in [0.2, 0.25) is 5.91 Å². The number of hydrogen-bond acceptors (Lipinski definition) is 4. The average Bonchev–Trinajstić information content (AvgIpc) is 3.30. The molecule has 1 aliphatic heterocycles. The molecule has 0 spiro atoms. The lowest BCUT2D eigenvalue weighted by atomic mass is 10.1. The summed E-state index contributed by atoms with van der Waals surface area (Å²) >= 11 is 13.3. The van der Waals surface area contributed by atoms with Crippen LogP contribution in [0.25, 0.3) is 17.0 Å². The summed E-state index contributed by atoms with van der Waals surface area (Å²) in [5, 5.41) is 4.36. The molecule has 3 aromatic carbocycles. The van der Waals surface area contributed by atoms with Crippen molar-refractivity contribution >= 4 is 74.7 Å². The number of fused-ring (bicyclic) bond motifs is 1. The van der Waals surface area contributed by atoms with Crippen molar-refractivity contribution in [3.8, 4) is 0 Å². The molecule has 5 rings (SSSR count). The molecule has 0 radical (unpaired) electrons. The zero-order valence-corrected chi connectivity index (χ0v) is 23.0. The summed E-state index contributed by atoms with van der Waals surface area (Å²) in [5.41, 5.74) is 5.11. The van der Waals surface area contributed by atoms with Crippen LogP contribution in [-0.4, -0.2) is 33.1 Å². The van der Waals surface area contributed by atoms with Crippen LogP contribution in [0, 0.1) is 13.8 Å². The van der Waals surface area contributed by atoms with Gasteiger partial charge < -0.3 is 9.88 Å². The van der Waals surface area contributed by atoms with Crippen LogP contribution >= 0.6 is 35.0 Å². The van der Waals surface area contributed by atoms with Crippen molar-refractivity contribution in [3.05, 3.63) is 104 Å². The van der Waals surface area contributed by atoms with Crippen molar-refractivity contribution in [2.24, 2.45) is 0 Å². The highest BCUT2D eigenvalue weighted by Crippen LogP contribution is 2.36. The summed E-state index contributed by atoms with van der Waals surface area (Å²) in [6, 6.07) is 20.7. The minimum absolute atomic E-state index is 0.269. The largest absolute Gasteiger partial charge is 0.340 e. The molecule has 0 bridgehead atoms. The van der Waals surface area contributed by atoms with E-state index in [4.69, 9.17) is 23.2 Å². The number of amides is 3. The molecule has 3 amide bonds. The van der Waals surface area contributed by atoms with Crippen molar-refractivity contribution in [1.82, 2.24) is 9.47 Å². The second-order valence-corrected chi connectivity index (χ2v) is 10.8. The second-order valence-electron chi connectivity index (χ2n) is 8.97. The number of carbonyl (C=O) groups is 3. The molecule has 1 aromatic heterocycles. The lowest BCUT2D eigenvalue weighted by Gasteiger charge is -2.13. The van der Waals surface area contributed by atoms with Crippen LogP contribution in [0.3, 0.4) is 0 Å². The summed E-state index contributed by atoms with van der Waals surface area (Å²) in [5.74, 6) is -0.980. The summed E-state index contributed by atoms with van der Waals surface area (Å²) in [6.45, 7) is 3.98. The molecular formula is C29H23Cl2N3O3S. The summed E-state index contributed by atoms with van der Waals surface area (Å²) < 4.78 is 2.15. The van der Waals surface area contributed by atoms with Crippen LogP contribution in [0.1, 0.15) is 22.4 Å². The van der Waals surface area contributed by atoms with Gasteiger partial charge >= 0.3 is 0 Å². The van der Waals surface area contributed by atoms with Crippen molar-refractivity contribution < 1.29 is 14.4 Å². The van der Waals surface area contributed by atoms with E-state index in [9.17, 15) is 14.4 Å². The maximum Gasteiger partial charge on any atom is 0.294 e. The number of hydrogen-bond donors (Lipinski definition) is 1. The molecular weight excluding hydrogens is 541 g/mol. The number of imide groups is 1. The van der Waals surface area contributed by atoms with Crippen LogP contribution in [0.2, 0.25) is 10.0 Å². The molecule has 1 N–H and O–H groups in total. The molecule has 9 heteroatoms. The highest BCUT2D eigenvalue weighted by atomic mass is 35.5. The number of thioether (sulfide) groups is 1. The van der Waals surface area contributed by atoms with Crippen molar-refractivity contribution in [2.45, 2.75) is 20.4 Å². The van der Waals surface area contributed by atoms with Gasteiger partial charge in [0.25, 0.3) is 11.1 Å². The predicted octanol–water partition coefficient (Wildman–Crippen LogP) is 7.29. The van der Waals surface area contributed by atoms with Gasteiger partial charge in [-0.05, 0) is 67.1 Å². The fourth-order valence-corrected chi connectivity index (χ4v) is 5.66. The number of halogens is 2. The maximum atomic E-state index is 13.2. The highest BCUT2D eigenvalue weighted by molar-refractivity contribution is 8.18. The zero-order valence-electron chi connectivity index (χ0n) is 20.6. The molecule has 0 saturated carbocycles. The quantitative estimate of drug-likeness (QED) is 0.250. The third-order valence-electron chi connectivity index (χ3n) is 6.49. The standard InChI is InChI=1S/C29H23Cl2N3O3S/c1-17-11-12-20(30)13-24(17)32-27(35)16-34-28(36)26(38-29(34)37)14-22-18(2)33(25-10-6-4-8-21(22)25)15-19-7-3-5-9-23(19)31/h3-14H,15-16H2,1-2H3,(H,32,35)/b26-14-. The fraction of sp³-hybridized carbons (Fsp3) is 0.138. The third-order valence-corrected chi connectivity index (χ3v) is 8.00. The van der Waals surface area contributed by atoms with Gasteiger partial charge in [-0.15, -0.1) is 0 Å². The number of rotatable bonds is 6. The van der Waals surface area contributed by atoms with Gasteiger partial charge in [-0.25, -0.2) is 0 Å². The normalized spacial score (nSPS) is 14.6. The van der Waals surface area contributed by atoms with Crippen LogP contribution < -0.4 is 5.32 Å². The first-order valence-corrected chi connectivity index (χ1v) is 13.4. The topological polar surface area (TPSA) is 71.4 Å². The van der Waals surface area contributed by atoms with E-state index in [1.54, 1.807) is 24.3 Å². The second kappa shape index (κ2) is 10.7. The number of carbonyl (C=O) groups excluding carboxylic acids is 3. The van der Waals surface area contributed by atoms with Crippen molar-refractivity contribution in [3.63, 3.8) is 0 Å². The predicted molar refractivity (Wildman–Crippen MR) is 155 cm³/mol. The molecule has 1 fully saturated rings. The Balaban J connectivity index is 1.42. The molecule has 0 atom stereocenters. The first-order valence-electron chi connectivity index (χ1n) is 11.9. The smallest absolute Gasteiger partial charge is 0.294 e. The highest BCUT2D eigenvalue weighted by Gasteiger charge is 2.36. The number of benzene rings is 3. The van der Waals surface area contributed by atoms with Crippen molar-refractivity contribution in [1.29, 1.82) is 0 Å². The van der Waals surface area contributed by atoms with Gasteiger partial charge in [0.05, 0.1) is 4.91 Å². The number of para-hydroxylation sites is 1. The molecule has 6 nitrogen and oxygen atoms in total. The number of anilines is 1. The first kappa shape index (κ1) is 26.1. The Hall–Kier alpha value is -3.52. The van der Waals surface area contributed by atoms with Crippen LogP contribution in [0.5, 0.6) is 0 Å². The molecule has 2 heterocycles. The van der Waals surface area contributed by atoms with Gasteiger partial charge in [-0.2, -0.15) is 0 Å². The van der Waals surface area contributed by atoms with E-state index < -0.39 is 17.1 Å². The summed E-state index contributed by atoms with van der Waals surface area (Å²) in [4.78, 5) is 39.9. The Labute approximate surface area is 234 Å². The first-order chi connectivity index (χ1) is 18.2. The number of aromatic nitrogens is 1. The molecule has 1 aliphatic rings. The van der Waals surface area contributed by atoms with Gasteiger partial charge in [-0.1, -0.05) is 65.7 Å². The van der Waals surface area contributed by atoms with E-state index in [0.717, 1.165) is 49.9 Å². The van der Waals surface area contributed by atoms with Crippen LogP contribution in [0.4, 0.5) is 10.5 Å². The molecule has 192 valence electrons. The van der Waals surface area contributed by atoms with Gasteiger partial charge in [0, 0.05) is 44.4 Å². The lowest BCUT2D eigenvalue weighted by Crippen LogP contribution is -2.36. The van der Waals surface area contributed by atoms with E-state index >= 15 is 0 Å². The number of nitrogens with zero attached hydrogens (tertiary/aromatic N) is 2. The van der Waals surface area contributed by atoms with E-state index in [-0.39, 0.29) is 11.4 Å². The van der Waals surface area contributed by atoms with E-state index in [1.165, 1.54) is 0 Å². The van der Waals surface area contributed by atoms with Crippen molar-refractivity contribution in [2.75, 3.05) is 11.9 Å². The minimum Gasteiger partial charge on any atom is -0.340 e. The molecule has 1 saturated heterocycles. The third kappa shape index (κ3) is 5.10. The Kier molecular flexibility index (Phi) is 7.34. The Morgan fingerprint density at radius 1 is 1.00 bits per heavy atom. The Morgan fingerprint density at radius 3 is 2.53 bits per heavy atom. The van der Waals surface area contributed by atoms with Gasteiger partial charge in [-0.3, -0.25) is 19.3 Å². The Bertz CT molecular complexity index is 1640. The Morgan fingerprint density at radius 2 is 1.74 bits per heavy atom. The minimum atomic E-state index is -0.500. The van der Waals surface area contributed by atoms with E-state index in [2.05, 4.69) is 9.88 Å². The SMILES string of the molecule is Cc1ccc(Cl)cc1NC(=O)CN1C(=O)S/C(=C\c2c(C)n(Cc3ccccc3Cl)c3ccccc23)C1=O. The number of aryl methyl sites for hydroxylation is 1. The molecule has 0 unspecified atom stereocenters. The lowest BCUT2D eigenvalue weighted by molar-refractivity contribution is -0.127. The van der Waals surface area contributed by atoms with Crippen LogP contribution in [-0.2, 0) is 16.1 Å². The molecule has 0 aliphatic carbocycles. The zero-order chi connectivity index (χ0) is 27.0. The maximum absolute atomic E-state index is 13.2. The van der Waals surface area contributed by atoms with Crippen LogP contribution in [0.15, 0.2) is 71.6 Å². The van der Waals surface area contributed by atoms with Gasteiger partial charge in [0.1, 0.15) is 6.54 Å². The molecule has 38 heavy (non-hydrogen) atoms. The van der Waals surface area contributed by atoms with E-state index in [1.807, 2.05) is 62.4 Å². The summed E-state index contributed by atoms with van der Waals surface area (Å²) in [6.07, 6.45) is 1.74. The molecule has 4 aromatic rings. The average molecular weight is 564 g/mol. The fourth-order valence-electron chi connectivity index (χ4n) is 4.47. The summed E-state index contributed by atoms with van der Waals surface area (Å²) in [7, 11) is 0. The monoisotopic (exact) mass is 563 g/mol. The van der Waals surface area contributed by atoms with E-state index in [0.29, 0.717) is 22.3 Å². The van der Waals surface area contributed by atoms with Gasteiger partial charge in [0.15, 0.2) is 0 Å².